The number of fused-ring (bicyclic) bond motifs is 1. The van der Waals surface area contributed by atoms with Crippen LogP contribution in [0.4, 0.5) is 5.95 Å². The minimum Gasteiger partial charge on any atom is -0.369 e. The van der Waals surface area contributed by atoms with Crippen molar-refractivity contribution in [2.24, 2.45) is 0 Å². The van der Waals surface area contributed by atoms with E-state index < -0.39 is 0 Å². The summed E-state index contributed by atoms with van der Waals surface area (Å²) >= 11 is 9.46. The number of nitrogens with zero attached hydrogens (tertiary/aromatic N) is 2. The SMILES string of the molecule is Nc1nc2ccc(Cl)cc2n1Cc1ccc(Br)cc1. The largest absolute Gasteiger partial charge is 0.369 e. The molecule has 3 nitrogen and oxygen atoms in total. The predicted molar refractivity (Wildman–Crippen MR) is 82.4 cm³/mol. The van der Waals surface area contributed by atoms with E-state index in [9.17, 15) is 0 Å². The lowest BCUT2D eigenvalue weighted by atomic mass is 10.2. The summed E-state index contributed by atoms with van der Waals surface area (Å²) in [4.78, 5) is 4.34. The average molecular weight is 337 g/mol. The lowest BCUT2D eigenvalue weighted by Gasteiger charge is -2.07. The van der Waals surface area contributed by atoms with E-state index in [2.05, 4.69) is 33.0 Å². The monoisotopic (exact) mass is 335 g/mol. The first-order valence-electron chi connectivity index (χ1n) is 5.79. The molecule has 3 aromatic rings. The van der Waals surface area contributed by atoms with Crippen LogP contribution in [0, 0.1) is 0 Å². The Morgan fingerprint density at radius 3 is 2.63 bits per heavy atom. The second-order valence-electron chi connectivity index (χ2n) is 4.32. The van der Waals surface area contributed by atoms with E-state index in [-0.39, 0.29) is 0 Å². The Morgan fingerprint density at radius 2 is 1.89 bits per heavy atom. The highest BCUT2D eigenvalue weighted by molar-refractivity contribution is 9.10. The Bertz CT molecular complexity index is 734. The molecule has 0 spiro atoms. The summed E-state index contributed by atoms with van der Waals surface area (Å²) in [5, 5.41) is 0.685. The van der Waals surface area contributed by atoms with Crippen molar-refractivity contribution in [1.29, 1.82) is 0 Å². The standard InChI is InChI=1S/C14H11BrClN3/c15-10-3-1-9(2-4-10)8-19-13-7-11(16)5-6-12(13)18-14(19)17/h1-7H,8H2,(H2,17,18). The molecule has 0 aliphatic rings. The van der Waals surface area contributed by atoms with Crippen molar-refractivity contribution in [3.63, 3.8) is 0 Å². The summed E-state index contributed by atoms with van der Waals surface area (Å²) in [7, 11) is 0. The number of nitrogen functional groups attached to an aromatic ring is 1. The number of hydrogen-bond acceptors (Lipinski definition) is 2. The van der Waals surface area contributed by atoms with Crippen LogP contribution in [0.2, 0.25) is 5.02 Å². The van der Waals surface area contributed by atoms with Crippen molar-refractivity contribution < 1.29 is 0 Å². The first-order valence-corrected chi connectivity index (χ1v) is 6.96. The van der Waals surface area contributed by atoms with Crippen LogP contribution >= 0.6 is 27.5 Å². The van der Waals surface area contributed by atoms with Crippen LogP contribution in [0.15, 0.2) is 46.9 Å². The fraction of sp³-hybridized carbons (Fsp3) is 0.0714. The Balaban J connectivity index is 2.06. The minimum absolute atomic E-state index is 0.500. The molecule has 0 fully saturated rings. The first kappa shape index (κ1) is 12.5. The van der Waals surface area contributed by atoms with E-state index in [1.807, 2.05) is 34.9 Å². The predicted octanol–water partition coefficient (Wildman–Crippen LogP) is 4.08. The van der Waals surface area contributed by atoms with Crippen molar-refractivity contribution in [3.05, 3.63) is 57.5 Å². The van der Waals surface area contributed by atoms with Gasteiger partial charge in [0.2, 0.25) is 5.95 Å². The van der Waals surface area contributed by atoms with Crippen LogP contribution in [0.3, 0.4) is 0 Å². The van der Waals surface area contributed by atoms with Crippen LogP contribution in [0.1, 0.15) is 5.56 Å². The molecule has 5 heteroatoms. The zero-order valence-corrected chi connectivity index (χ0v) is 12.3. The smallest absolute Gasteiger partial charge is 0.201 e. The lowest BCUT2D eigenvalue weighted by molar-refractivity contribution is 0.838. The highest BCUT2D eigenvalue weighted by Crippen LogP contribution is 2.23. The van der Waals surface area contributed by atoms with Crippen LogP contribution < -0.4 is 5.73 Å². The van der Waals surface area contributed by atoms with Gasteiger partial charge < -0.3 is 10.3 Å². The molecule has 1 heterocycles. The van der Waals surface area contributed by atoms with Crippen molar-refractivity contribution in [3.8, 4) is 0 Å². The van der Waals surface area contributed by atoms with Gasteiger partial charge in [0.15, 0.2) is 0 Å². The van der Waals surface area contributed by atoms with E-state index in [0.29, 0.717) is 17.5 Å². The van der Waals surface area contributed by atoms with Gasteiger partial charge >= 0.3 is 0 Å². The molecule has 2 N–H and O–H groups in total. The second-order valence-corrected chi connectivity index (χ2v) is 5.67. The van der Waals surface area contributed by atoms with Crippen molar-refractivity contribution >= 4 is 44.5 Å². The highest BCUT2D eigenvalue weighted by atomic mass is 79.9. The summed E-state index contributed by atoms with van der Waals surface area (Å²) in [5.74, 6) is 0.500. The average Bonchev–Trinajstić information content (AvgIpc) is 2.69. The quantitative estimate of drug-likeness (QED) is 0.766. The lowest BCUT2D eigenvalue weighted by Crippen LogP contribution is -2.04. The Labute approximate surface area is 124 Å². The van der Waals surface area contributed by atoms with Gasteiger partial charge in [-0.2, -0.15) is 0 Å². The molecule has 0 aliphatic heterocycles. The van der Waals surface area contributed by atoms with Gasteiger partial charge in [0.1, 0.15) is 0 Å². The Hall–Kier alpha value is -1.52. The molecular formula is C14H11BrClN3. The summed E-state index contributed by atoms with van der Waals surface area (Å²) in [5.41, 5.74) is 8.95. The van der Waals surface area contributed by atoms with E-state index in [4.69, 9.17) is 17.3 Å². The van der Waals surface area contributed by atoms with E-state index in [1.165, 1.54) is 0 Å². The number of hydrogen-bond donors (Lipinski definition) is 1. The topological polar surface area (TPSA) is 43.8 Å². The first-order chi connectivity index (χ1) is 9.13. The van der Waals surface area contributed by atoms with E-state index in [0.717, 1.165) is 21.1 Å². The molecule has 19 heavy (non-hydrogen) atoms. The number of rotatable bonds is 2. The van der Waals surface area contributed by atoms with E-state index in [1.54, 1.807) is 0 Å². The van der Waals surface area contributed by atoms with Gasteiger partial charge in [-0.3, -0.25) is 0 Å². The van der Waals surface area contributed by atoms with Crippen LogP contribution in [0.25, 0.3) is 11.0 Å². The number of halogens is 2. The molecule has 0 saturated carbocycles. The summed E-state index contributed by atoms with van der Waals surface area (Å²) in [6.07, 6.45) is 0. The minimum atomic E-state index is 0.500. The molecule has 0 aliphatic carbocycles. The van der Waals surface area contributed by atoms with Gasteiger partial charge in [-0.05, 0) is 35.9 Å². The van der Waals surface area contributed by atoms with Crippen LogP contribution in [0.5, 0.6) is 0 Å². The Morgan fingerprint density at radius 1 is 1.16 bits per heavy atom. The number of anilines is 1. The Kier molecular flexibility index (Phi) is 3.21. The van der Waals surface area contributed by atoms with Gasteiger partial charge in [-0.15, -0.1) is 0 Å². The number of imidazole rings is 1. The summed E-state index contributed by atoms with van der Waals surface area (Å²) < 4.78 is 3.02. The number of aromatic nitrogens is 2. The highest BCUT2D eigenvalue weighted by Gasteiger charge is 2.09. The maximum absolute atomic E-state index is 6.04. The summed E-state index contributed by atoms with van der Waals surface area (Å²) in [6.45, 7) is 0.677. The van der Waals surface area contributed by atoms with Gasteiger partial charge in [0.05, 0.1) is 17.6 Å². The molecule has 0 amide bonds. The van der Waals surface area contributed by atoms with Gasteiger partial charge in [-0.1, -0.05) is 39.7 Å². The third-order valence-electron chi connectivity index (χ3n) is 2.99. The zero-order valence-electron chi connectivity index (χ0n) is 9.98. The van der Waals surface area contributed by atoms with Crippen molar-refractivity contribution in [2.45, 2.75) is 6.54 Å². The normalized spacial score (nSPS) is 11.1. The maximum Gasteiger partial charge on any atom is 0.201 e. The fourth-order valence-corrected chi connectivity index (χ4v) is 2.48. The second kappa shape index (κ2) is 4.87. The molecule has 3 rings (SSSR count). The summed E-state index contributed by atoms with van der Waals surface area (Å²) in [6, 6.07) is 13.7. The van der Waals surface area contributed by atoms with Crippen molar-refractivity contribution in [1.82, 2.24) is 9.55 Å². The molecular weight excluding hydrogens is 326 g/mol. The van der Waals surface area contributed by atoms with E-state index >= 15 is 0 Å². The third kappa shape index (κ3) is 2.46. The maximum atomic E-state index is 6.04. The molecule has 0 bridgehead atoms. The number of nitrogens with two attached hydrogens (primary N) is 1. The van der Waals surface area contributed by atoms with Gasteiger partial charge in [0.25, 0.3) is 0 Å². The fourth-order valence-electron chi connectivity index (χ4n) is 2.05. The molecule has 96 valence electrons. The molecule has 0 atom stereocenters. The zero-order chi connectivity index (χ0) is 13.4. The van der Waals surface area contributed by atoms with Gasteiger partial charge in [-0.25, -0.2) is 4.98 Å². The third-order valence-corrected chi connectivity index (χ3v) is 3.76. The van der Waals surface area contributed by atoms with Crippen molar-refractivity contribution in [2.75, 3.05) is 5.73 Å². The molecule has 2 aromatic carbocycles. The molecule has 0 radical (unpaired) electrons. The van der Waals surface area contributed by atoms with Crippen LogP contribution in [-0.2, 0) is 6.54 Å². The van der Waals surface area contributed by atoms with Gasteiger partial charge in [0, 0.05) is 9.50 Å². The molecule has 1 aromatic heterocycles. The number of benzene rings is 2. The molecule has 0 saturated heterocycles. The van der Waals surface area contributed by atoms with Crippen LogP contribution in [-0.4, -0.2) is 9.55 Å². The molecule has 0 unspecified atom stereocenters.